The number of rotatable bonds is 5. The lowest BCUT2D eigenvalue weighted by Crippen LogP contribution is -2.26. The topological polar surface area (TPSA) is 47.7 Å². The summed E-state index contributed by atoms with van der Waals surface area (Å²) in [7, 11) is 1.91. The molecule has 2 aromatic rings. The van der Waals surface area contributed by atoms with Crippen LogP contribution in [0.5, 0.6) is 0 Å². The molecule has 0 aromatic carbocycles. The largest absolute Gasteiger partial charge is 0.304 e. The van der Waals surface area contributed by atoms with Gasteiger partial charge in [-0.1, -0.05) is 18.5 Å². The van der Waals surface area contributed by atoms with Gasteiger partial charge in [-0.2, -0.15) is 10.2 Å². The molecule has 1 atom stereocenters. The van der Waals surface area contributed by atoms with Gasteiger partial charge in [-0.15, -0.1) is 0 Å². The van der Waals surface area contributed by atoms with Crippen LogP contribution in [0.2, 0.25) is 5.02 Å². The molecule has 0 fully saturated rings. The van der Waals surface area contributed by atoms with E-state index in [9.17, 15) is 0 Å². The van der Waals surface area contributed by atoms with Crippen LogP contribution in [-0.2, 0) is 7.05 Å². The summed E-state index contributed by atoms with van der Waals surface area (Å²) in [6.45, 7) is 7.09. The summed E-state index contributed by atoms with van der Waals surface area (Å²) in [5.74, 6) is 0. The number of hydrogen-bond acceptors (Lipinski definition) is 3. The van der Waals surface area contributed by atoms with Crippen molar-refractivity contribution in [3.8, 4) is 0 Å². The van der Waals surface area contributed by atoms with Crippen molar-refractivity contribution < 1.29 is 0 Å². The van der Waals surface area contributed by atoms with E-state index in [1.54, 1.807) is 10.9 Å². The van der Waals surface area contributed by atoms with Gasteiger partial charge in [0.05, 0.1) is 28.6 Å². The Morgan fingerprint density at radius 1 is 1.42 bits per heavy atom. The van der Waals surface area contributed by atoms with Gasteiger partial charge in [-0.25, -0.2) is 0 Å². The van der Waals surface area contributed by atoms with Gasteiger partial charge in [-0.3, -0.25) is 9.36 Å². The Bertz CT molecular complexity index is 543. The van der Waals surface area contributed by atoms with E-state index in [1.807, 2.05) is 24.0 Å². The predicted octanol–water partition coefficient (Wildman–Crippen LogP) is 2.55. The molecule has 2 heterocycles. The number of aromatic nitrogens is 4. The first-order valence-corrected chi connectivity index (χ1v) is 6.88. The molecule has 0 bridgehead atoms. The van der Waals surface area contributed by atoms with E-state index in [-0.39, 0.29) is 12.1 Å². The zero-order chi connectivity index (χ0) is 14.0. The van der Waals surface area contributed by atoms with E-state index >= 15 is 0 Å². The smallest absolute Gasteiger partial charge is 0.0955 e. The van der Waals surface area contributed by atoms with Crippen molar-refractivity contribution in [3.63, 3.8) is 0 Å². The fraction of sp³-hybridized carbons (Fsp3) is 0.538. The molecule has 2 rings (SSSR count). The summed E-state index contributed by atoms with van der Waals surface area (Å²) >= 11 is 6.32. The molecule has 2 aromatic heterocycles. The van der Waals surface area contributed by atoms with Crippen molar-refractivity contribution >= 4 is 11.6 Å². The third kappa shape index (κ3) is 2.82. The molecule has 19 heavy (non-hydrogen) atoms. The first kappa shape index (κ1) is 14.1. The van der Waals surface area contributed by atoms with Crippen LogP contribution in [-0.4, -0.2) is 26.1 Å². The molecule has 5 nitrogen and oxygen atoms in total. The summed E-state index contributed by atoms with van der Waals surface area (Å²) in [6.07, 6.45) is 3.63. The molecule has 0 aliphatic carbocycles. The SMILES string of the molecule is CCNC(c1ccn(C)n1)c1c(Cl)cnn1C(C)C. The zero-order valence-corrected chi connectivity index (χ0v) is 12.5. The van der Waals surface area contributed by atoms with Crippen LogP contribution in [0, 0.1) is 0 Å². The van der Waals surface area contributed by atoms with E-state index in [1.165, 1.54) is 0 Å². The van der Waals surface area contributed by atoms with E-state index in [4.69, 9.17) is 11.6 Å². The molecule has 0 saturated carbocycles. The number of aryl methyl sites for hydroxylation is 1. The average molecular weight is 282 g/mol. The average Bonchev–Trinajstić information content (AvgIpc) is 2.93. The second-order valence-electron chi connectivity index (χ2n) is 4.82. The summed E-state index contributed by atoms with van der Waals surface area (Å²) in [6, 6.07) is 2.22. The number of nitrogens with zero attached hydrogens (tertiary/aromatic N) is 4. The van der Waals surface area contributed by atoms with E-state index in [0.29, 0.717) is 5.02 Å². The maximum atomic E-state index is 6.32. The molecule has 0 saturated heterocycles. The van der Waals surface area contributed by atoms with Gasteiger partial charge in [0.1, 0.15) is 0 Å². The van der Waals surface area contributed by atoms with Crippen LogP contribution in [0.3, 0.4) is 0 Å². The first-order chi connectivity index (χ1) is 9.04. The van der Waals surface area contributed by atoms with Crippen LogP contribution in [0.25, 0.3) is 0 Å². The van der Waals surface area contributed by atoms with E-state index < -0.39 is 0 Å². The van der Waals surface area contributed by atoms with Gasteiger partial charge in [0.25, 0.3) is 0 Å². The third-order valence-electron chi connectivity index (χ3n) is 2.99. The molecule has 0 radical (unpaired) electrons. The molecule has 0 aliphatic heterocycles. The Hall–Kier alpha value is -1.33. The fourth-order valence-corrected chi connectivity index (χ4v) is 2.40. The van der Waals surface area contributed by atoms with Gasteiger partial charge >= 0.3 is 0 Å². The van der Waals surface area contributed by atoms with Gasteiger partial charge in [-0.05, 0) is 26.5 Å². The molecule has 0 spiro atoms. The van der Waals surface area contributed by atoms with Crippen molar-refractivity contribution in [2.45, 2.75) is 32.9 Å². The van der Waals surface area contributed by atoms with Crippen molar-refractivity contribution in [1.29, 1.82) is 0 Å². The summed E-state index contributed by atoms with van der Waals surface area (Å²) in [5.41, 5.74) is 1.92. The lowest BCUT2D eigenvalue weighted by atomic mass is 10.1. The highest BCUT2D eigenvalue weighted by Crippen LogP contribution is 2.29. The zero-order valence-electron chi connectivity index (χ0n) is 11.8. The summed E-state index contributed by atoms with van der Waals surface area (Å²) < 4.78 is 3.74. The number of nitrogens with one attached hydrogen (secondary N) is 1. The molecule has 104 valence electrons. The molecular weight excluding hydrogens is 262 g/mol. The van der Waals surface area contributed by atoms with Crippen LogP contribution in [0.4, 0.5) is 0 Å². The van der Waals surface area contributed by atoms with Crippen LogP contribution < -0.4 is 5.32 Å². The Morgan fingerprint density at radius 2 is 2.16 bits per heavy atom. The van der Waals surface area contributed by atoms with E-state index in [0.717, 1.165) is 17.9 Å². The normalized spacial score (nSPS) is 13.2. The minimum atomic E-state index is -0.0383. The predicted molar refractivity (Wildman–Crippen MR) is 76.3 cm³/mol. The Morgan fingerprint density at radius 3 is 2.68 bits per heavy atom. The van der Waals surface area contributed by atoms with Gasteiger partial charge in [0, 0.05) is 19.3 Å². The van der Waals surface area contributed by atoms with E-state index in [2.05, 4.69) is 36.3 Å². The van der Waals surface area contributed by atoms with Crippen molar-refractivity contribution in [2.24, 2.45) is 7.05 Å². The number of hydrogen-bond donors (Lipinski definition) is 1. The van der Waals surface area contributed by atoms with Gasteiger partial charge in [0.2, 0.25) is 0 Å². The highest BCUT2D eigenvalue weighted by Gasteiger charge is 2.24. The summed E-state index contributed by atoms with van der Waals surface area (Å²) in [5, 5.41) is 12.9. The van der Waals surface area contributed by atoms with Crippen molar-refractivity contribution in [1.82, 2.24) is 24.9 Å². The van der Waals surface area contributed by atoms with Gasteiger partial charge < -0.3 is 5.32 Å². The highest BCUT2D eigenvalue weighted by atomic mass is 35.5. The number of halogens is 1. The summed E-state index contributed by atoms with van der Waals surface area (Å²) in [4.78, 5) is 0. The van der Waals surface area contributed by atoms with Crippen LogP contribution >= 0.6 is 11.6 Å². The Balaban J connectivity index is 2.47. The lowest BCUT2D eigenvalue weighted by molar-refractivity contribution is 0.471. The maximum Gasteiger partial charge on any atom is 0.0955 e. The molecule has 6 heteroatoms. The Kier molecular flexibility index (Phi) is 4.27. The molecule has 0 aliphatic rings. The van der Waals surface area contributed by atoms with Gasteiger partial charge in [0.15, 0.2) is 0 Å². The molecular formula is C13H20ClN5. The van der Waals surface area contributed by atoms with Crippen LogP contribution in [0.15, 0.2) is 18.5 Å². The minimum absolute atomic E-state index is 0.0383. The van der Waals surface area contributed by atoms with Crippen molar-refractivity contribution in [2.75, 3.05) is 6.54 Å². The first-order valence-electron chi connectivity index (χ1n) is 6.50. The highest BCUT2D eigenvalue weighted by molar-refractivity contribution is 6.31. The quantitative estimate of drug-likeness (QED) is 0.916. The molecule has 1 unspecified atom stereocenters. The lowest BCUT2D eigenvalue weighted by Gasteiger charge is -2.20. The van der Waals surface area contributed by atoms with Crippen LogP contribution in [0.1, 0.15) is 44.2 Å². The van der Waals surface area contributed by atoms with Crippen molar-refractivity contribution in [3.05, 3.63) is 34.9 Å². The maximum absolute atomic E-state index is 6.32. The standard InChI is InChI=1S/C13H20ClN5/c1-5-15-12(11-6-7-18(4)17-11)13-10(14)8-16-19(13)9(2)3/h6-9,12,15H,5H2,1-4H3. The molecule has 0 amide bonds. The monoisotopic (exact) mass is 281 g/mol. The second-order valence-corrected chi connectivity index (χ2v) is 5.23. The minimum Gasteiger partial charge on any atom is -0.304 e. The third-order valence-corrected chi connectivity index (χ3v) is 3.28. The second kappa shape index (κ2) is 5.75. The Labute approximate surface area is 118 Å². The molecule has 1 N–H and O–H groups in total. The fourth-order valence-electron chi connectivity index (χ4n) is 2.16.